The third kappa shape index (κ3) is 1.77. The Bertz CT molecular complexity index is 468. The van der Waals surface area contributed by atoms with E-state index in [1.165, 1.54) is 4.70 Å². The molecule has 1 heterocycles. The Morgan fingerprint density at radius 1 is 1.29 bits per heavy atom. The predicted molar refractivity (Wildman–Crippen MR) is 63.3 cm³/mol. The molecule has 0 aliphatic rings. The van der Waals surface area contributed by atoms with Crippen LogP contribution in [0.15, 0.2) is 18.2 Å². The standard InChI is InChI=1S/C11H12ClNS/c1-11(2,3)10-13-8-6-7(12)4-5-9(8)14-10/h4-6H,1-3H3. The average molecular weight is 226 g/mol. The molecule has 1 aromatic heterocycles. The van der Waals surface area contributed by atoms with Crippen LogP contribution in [0.25, 0.3) is 10.2 Å². The van der Waals surface area contributed by atoms with Crippen molar-refractivity contribution in [1.82, 2.24) is 4.98 Å². The van der Waals surface area contributed by atoms with Crippen LogP contribution in [0.5, 0.6) is 0 Å². The first-order valence-corrected chi connectivity index (χ1v) is 5.73. The summed E-state index contributed by atoms with van der Waals surface area (Å²) in [6, 6.07) is 5.86. The molecule has 0 atom stereocenters. The lowest BCUT2D eigenvalue weighted by molar-refractivity contribution is 0.587. The largest absolute Gasteiger partial charge is 0.241 e. The van der Waals surface area contributed by atoms with E-state index in [4.69, 9.17) is 11.6 Å². The second-order valence-corrected chi connectivity index (χ2v) is 5.85. The minimum atomic E-state index is 0.121. The first kappa shape index (κ1) is 9.94. The van der Waals surface area contributed by atoms with Crippen molar-refractivity contribution in [3.05, 3.63) is 28.2 Å². The summed E-state index contributed by atoms with van der Waals surface area (Å²) in [7, 11) is 0. The van der Waals surface area contributed by atoms with E-state index < -0.39 is 0 Å². The van der Waals surface area contributed by atoms with Crippen LogP contribution in [0.3, 0.4) is 0 Å². The maximum absolute atomic E-state index is 5.91. The van der Waals surface area contributed by atoms with Crippen molar-refractivity contribution < 1.29 is 0 Å². The van der Waals surface area contributed by atoms with E-state index in [-0.39, 0.29) is 5.41 Å². The molecule has 0 saturated heterocycles. The quantitative estimate of drug-likeness (QED) is 0.653. The normalized spacial score (nSPS) is 12.3. The molecule has 0 saturated carbocycles. The van der Waals surface area contributed by atoms with Gasteiger partial charge in [-0.15, -0.1) is 11.3 Å². The predicted octanol–water partition coefficient (Wildman–Crippen LogP) is 4.25. The molecule has 3 heteroatoms. The molecule has 14 heavy (non-hydrogen) atoms. The van der Waals surface area contributed by atoms with Gasteiger partial charge in [-0.1, -0.05) is 32.4 Å². The van der Waals surface area contributed by atoms with Gasteiger partial charge in [0.05, 0.1) is 15.2 Å². The fourth-order valence-electron chi connectivity index (χ4n) is 1.22. The lowest BCUT2D eigenvalue weighted by Crippen LogP contribution is -2.09. The van der Waals surface area contributed by atoms with Gasteiger partial charge in [0.25, 0.3) is 0 Å². The number of hydrogen-bond donors (Lipinski definition) is 0. The molecule has 0 bridgehead atoms. The van der Waals surface area contributed by atoms with Crippen LogP contribution in [-0.2, 0) is 5.41 Å². The number of fused-ring (bicyclic) bond motifs is 1. The van der Waals surface area contributed by atoms with Gasteiger partial charge in [0, 0.05) is 10.4 Å². The maximum atomic E-state index is 5.91. The average Bonchev–Trinajstić information content (AvgIpc) is 2.45. The molecule has 0 fully saturated rings. The summed E-state index contributed by atoms with van der Waals surface area (Å²) in [5.41, 5.74) is 1.13. The highest BCUT2D eigenvalue weighted by atomic mass is 35.5. The Kier molecular flexibility index (Phi) is 2.28. The molecule has 0 aliphatic carbocycles. The van der Waals surface area contributed by atoms with Crippen molar-refractivity contribution in [2.75, 3.05) is 0 Å². The zero-order valence-corrected chi connectivity index (χ0v) is 10.0. The Morgan fingerprint density at radius 3 is 2.64 bits per heavy atom. The summed E-state index contributed by atoms with van der Waals surface area (Å²) in [6.07, 6.45) is 0. The smallest absolute Gasteiger partial charge is 0.0992 e. The van der Waals surface area contributed by atoms with Crippen LogP contribution in [0.4, 0.5) is 0 Å². The molecule has 1 nitrogen and oxygen atoms in total. The molecule has 0 radical (unpaired) electrons. The molecule has 0 N–H and O–H groups in total. The highest BCUT2D eigenvalue weighted by Gasteiger charge is 2.18. The van der Waals surface area contributed by atoms with Gasteiger partial charge in [0.1, 0.15) is 0 Å². The van der Waals surface area contributed by atoms with Crippen molar-refractivity contribution in [2.24, 2.45) is 0 Å². The van der Waals surface area contributed by atoms with E-state index in [9.17, 15) is 0 Å². The van der Waals surface area contributed by atoms with Gasteiger partial charge in [0.2, 0.25) is 0 Å². The Balaban J connectivity index is 2.63. The number of hydrogen-bond acceptors (Lipinski definition) is 2. The van der Waals surface area contributed by atoms with E-state index in [0.29, 0.717) is 0 Å². The lowest BCUT2D eigenvalue weighted by atomic mass is 9.98. The summed E-state index contributed by atoms with van der Waals surface area (Å²) in [4.78, 5) is 4.58. The molecule has 1 aromatic carbocycles. The molecule has 0 unspecified atom stereocenters. The lowest BCUT2D eigenvalue weighted by Gasteiger charge is -2.13. The molecular weight excluding hydrogens is 214 g/mol. The molecule has 2 aromatic rings. The number of aromatic nitrogens is 1. The van der Waals surface area contributed by atoms with Crippen LogP contribution in [0.1, 0.15) is 25.8 Å². The zero-order valence-electron chi connectivity index (χ0n) is 8.47. The highest BCUT2D eigenvalue weighted by Crippen LogP contribution is 2.32. The number of halogens is 1. The molecular formula is C11H12ClNS. The van der Waals surface area contributed by atoms with Crippen molar-refractivity contribution in [3.63, 3.8) is 0 Å². The highest BCUT2D eigenvalue weighted by molar-refractivity contribution is 7.18. The van der Waals surface area contributed by atoms with E-state index in [1.54, 1.807) is 11.3 Å². The second kappa shape index (κ2) is 3.21. The van der Waals surface area contributed by atoms with Gasteiger partial charge in [-0.05, 0) is 18.2 Å². The van der Waals surface area contributed by atoms with Gasteiger partial charge in [-0.2, -0.15) is 0 Å². The minimum Gasteiger partial charge on any atom is -0.241 e. The van der Waals surface area contributed by atoms with Gasteiger partial charge >= 0.3 is 0 Å². The Hall–Kier alpha value is -0.600. The molecule has 2 rings (SSSR count). The summed E-state index contributed by atoms with van der Waals surface area (Å²) < 4.78 is 1.21. The van der Waals surface area contributed by atoms with E-state index in [2.05, 4.69) is 25.8 Å². The van der Waals surface area contributed by atoms with Gasteiger partial charge in [-0.25, -0.2) is 4.98 Å². The first-order chi connectivity index (χ1) is 6.47. The number of rotatable bonds is 0. The third-order valence-electron chi connectivity index (χ3n) is 1.99. The van der Waals surface area contributed by atoms with Crippen molar-refractivity contribution in [2.45, 2.75) is 26.2 Å². The summed E-state index contributed by atoms with van der Waals surface area (Å²) in [6.45, 7) is 6.52. The van der Waals surface area contributed by atoms with Crippen LogP contribution < -0.4 is 0 Å². The molecule has 74 valence electrons. The van der Waals surface area contributed by atoms with Crippen molar-refractivity contribution >= 4 is 33.2 Å². The molecule has 0 aliphatic heterocycles. The Morgan fingerprint density at radius 2 is 2.00 bits per heavy atom. The van der Waals surface area contributed by atoms with Crippen molar-refractivity contribution in [3.8, 4) is 0 Å². The zero-order chi connectivity index (χ0) is 10.3. The molecule has 0 spiro atoms. The fraction of sp³-hybridized carbons (Fsp3) is 0.364. The Labute approximate surface area is 92.7 Å². The van der Waals surface area contributed by atoms with E-state index in [1.807, 2.05) is 18.2 Å². The third-order valence-corrected chi connectivity index (χ3v) is 3.69. The number of thiazole rings is 1. The first-order valence-electron chi connectivity index (χ1n) is 4.53. The van der Waals surface area contributed by atoms with Gasteiger partial charge in [-0.3, -0.25) is 0 Å². The topological polar surface area (TPSA) is 12.9 Å². The van der Waals surface area contributed by atoms with Crippen LogP contribution in [0.2, 0.25) is 5.02 Å². The van der Waals surface area contributed by atoms with Crippen LogP contribution in [-0.4, -0.2) is 4.98 Å². The second-order valence-electron chi connectivity index (χ2n) is 4.38. The van der Waals surface area contributed by atoms with Crippen LogP contribution in [0, 0.1) is 0 Å². The van der Waals surface area contributed by atoms with E-state index in [0.717, 1.165) is 15.5 Å². The summed E-state index contributed by atoms with van der Waals surface area (Å²) in [5.74, 6) is 0. The van der Waals surface area contributed by atoms with Crippen molar-refractivity contribution in [1.29, 1.82) is 0 Å². The molecule has 0 amide bonds. The maximum Gasteiger partial charge on any atom is 0.0992 e. The summed E-state index contributed by atoms with van der Waals surface area (Å²) >= 11 is 7.65. The monoisotopic (exact) mass is 225 g/mol. The summed E-state index contributed by atoms with van der Waals surface area (Å²) in [5, 5.41) is 1.91. The number of benzene rings is 1. The van der Waals surface area contributed by atoms with Crippen LogP contribution >= 0.6 is 22.9 Å². The minimum absolute atomic E-state index is 0.121. The fourth-order valence-corrected chi connectivity index (χ4v) is 2.39. The number of nitrogens with zero attached hydrogens (tertiary/aromatic N) is 1. The van der Waals surface area contributed by atoms with E-state index >= 15 is 0 Å². The van der Waals surface area contributed by atoms with Gasteiger partial charge in [0.15, 0.2) is 0 Å². The SMILES string of the molecule is CC(C)(C)c1nc2cc(Cl)ccc2s1. The van der Waals surface area contributed by atoms with Gasteiger partial charge < -0.3 is 0 Å².